The minimum Gasteiger partial charge on any atom is -0.393 e. The Kier molecular flexibility index (Phi) is 19.4. The van der Waals surface area contributed by atoms with Crippen LogP contribution in [0.4, 0.5) is 0 Å². The van der Waals surface area contributed by atoms with Gasteiger partial charge in [-0.1, -0.05) is 65.2 Å². The third-order valence-corrected chi connectivity index (χ3v) is 9.80. The zero-order chi connectivity index (χ0) is 22.0. The van der Waals surface area contributed by atoms with Crippen LogP contribution in [0.15, 0.2) is 0 Å². The van der Waals surface area contributed by atoms with E-state index in [4.69, 9.17) is 21.5 Å². The van der Waals surface area contributed by atoms with Crippen molar-refractivity contribution in [2.75, 3.05) is 54.5 Å². The van der Waals surface area contributed by atoms with Gasteiger partial charge in [0, 0.05) is 31.6 Å². The lowest BCUT2D eigenvalue weighted by atomic mass is 10.1. The van der Waals surface area contributed by atoms with Crippen molar-refractivity contribution in [2.45, 2.75) is 95.4 Å². The van der Waals surface area contributed by atoms with Gasteiger partial charge in [-0.3, -0.25) is 0 Å². The highest BCUT2D eigenvalue weighted by molar-refractivity contribution is 7.80. The summed E-state index contributed by atoms with van der Waals surface area (Å²) in [6.07, 6.45) is 13.0. The summed E-state index contributed by atoms with van der Waals surface area (Å²) in [6, 6.07) is 2.21. The molecule has 1 unspecified atom stereocenters. The van der Waals surface area contributed by atoms with Crippen LogP contribution in [0.1, 0.15) is 78.1 Å². The highest BCUT2D eigenvalue weighted by Gasteiger charge is 2.37. The van der Waals surface area contributed by atoms with Crippen molar-refractivity contribution in [1.29, 1.82) is 0 Å². The van der Waals surface area contributed by atoms with Crippen LogP contribution in [0.25, 0.3) is 0 Å². The van der Waals surface area contributed by atoms with Gasteiger partial charge in [0.15, 0.2) is 0 Å². The SMILES string of the molecule is CCCCCCCCCC[Si](CCC(S)CC)(OCCN(C)C)OCCN(C)C. The molecule has 4 nitrogen and oxygen atoms in total. The molecular weight excluding hydrogens is 396 g/mol. The van der Waals surface area contributed by atoms with Gasteiger partial charge in [0.2, 0.25) is 0 Å². The van der Waals surface area contributed by atoms with Crippen molar-refractivity contribution < 1.29 is 8.85 Å². The molecule has 0 aliphatic rings. The lowest BCUT2D eigenvalue weighted by Gasteiger charge is -2.33. The Hall–Kier alpha value is 0.407. The van der Waals surface area contributed by atoms with Gasteiger partial charge in [-0.05, 0) is 53.1 Å². The van der Waals surface area contributed by atoms with E-state index in [0.29, 0.717) is 5.25 Å². The maximum Gasteiger partial charge on any atom is 0.338 e. The van der Waals surface area contributed by atoms with Crippen molar-refractivity contribution in [3.63, 3.8) is 0 Å². The molecule has 0 aromatic rings. The zero-order valence-electron chi connectivity index (χ0n) is 20.5. The van der Waals surface area contributed by atoms with Crippen molar-refractivity contribution in [3.05, 3.63) is 0 Å². The average molecular weight is 449 g/mol. The topological polar surface area (TPSA) is 24.9 Å². The molecular formula is C23H52N2O2SSi. The summed E-state index contributed by atoms with van der Waals surface area (Å²) >= 11 is 4.75. The molecule has 176 valence electrons. The Morgan fingerprint density at radius 2 is 1.21 bits per heavy atom. The van der Waals surface area contributed by atoms with Crippen molar-refractivity contribution in [2.24, 2.45) is 0 Å². The first-order valence-corrected chi connectivity index (χ1v) is 14.9. The smallest absolute Gasteiger partial charge is 0.338 e. The quantitative estimate of drug-likeness (QED) is 0.136. The molecule has 0 heterocycles. The number of hydrogen-bond acceptors (Lipinski definition) is 5. The predicted octanol–water partition coefficient (Wildman–Crippen LogP) is 5.82. The van der Waals surface area contributed by atoms with Crippen LogP contribution in [0.2, 0.25) is 12.1 Å². The van der Waals surface area contributed by atoms with Crippen LogP contribution >= 0.6 is 12.6 Å². The molecule has 0 aromatic carbocycles. The molecule has 0 saturated heterocycles. The van der Waals surface area contributed by atoms with Gasteiger partial charge >= 0.3 is 8.56 Å². The van der Waals surface area contributed by atoms with Crippen LogP contribution in [-0.2, 0) is 8.85 Å². The van der Waals surface area contributed by atoms with E-state index in [2.05, 4.69) is 51.8 Å². The number of nitrogens with zero attached hydrogens (tertiary/aromatic N) is 2. The summed E-state index contributed by atoms with van der Waals surface area (Å²) < 4.78 is 13.2. The van der Waals surface area contributed by atoms with Crippen LogP contribution in [0.3, 0.4) is 0 Å². The Labute approximate surface area is 189 Å². The van der Waals surface area contributed by atoms with Crippen LogP contribution < -0.4 is 0 Å². The van der Waals surface area contributed by atoms with Gasteiger partial charge in [0.1, 0.15) is 0 Å². The molecule has 6 heteroatoms. The first-order valence-electron chi connectivity index (χ1n) is 12.1. The van der Waals surface area contributed by atoms with Crippen molar-refractivity contribution in [3.8, 4) is 0 Å². The maximum atomic E-state index is 6.60. The van der Waals surface area contributed by atoms with E-state index in [0.717, 1.165) is 51.2 Å². The molecule has 0 rings (SSSR count). The van der Waals surface area contributed by atoms with Crippen LogP contribution in [0, 0.1) is 0 Å². The standard InChI is InChI=1S/C23H52N2O2SSi/c1-7-9-10-11-12-13-14-15-21-29(22-16-23(28)8-2,26-19-17-24(3)4)27-20-18-25(5)6/h23,28H,7-22H2,1-6H3. The maximum absolute atomic E-state index is 6.60. The van der Waals surface area contributed by atoms with Gasteiger partial charge in [-0.2, -0.15) is 12.6 Å². The van der Waals surface area contributed by atoms with Crippen molar-refractivity contribution in [1.82, 2.24) is 9.80 Å². The summed E-state index contributed by atoms with van der Waals surface area (Å²) in [5, 5.41) is 0.454. The normalized spacial score (nSPS) is 13.6. The molecule has 1 atom stereocenters. The van der Waals surface area contributed by atoms with E-state index in [1.807, 2.05) is 0 Å². The van der Waals surface area contributed by atoms with Crippen LogP contribution in [-0.4, -0.2) is 78.1 Å². The first-order chi connectivity index (χ1) is 13.8. The Balaban J connectivity index is 4.71. The first kappa shape index (κ1) is 29.4. The number of thiol groups is 1. The summed E-state index contributed by atoms with van der Waals surface area (Å²) in [4.78, 5) is 4.39. The fraction of sp³-hybridized carbons (Fsp3) is 1.00. The number of likely N-dealkylation sites (N-methyl/N-ethyl adjacent to an activating group) is 2. The van der Waals surface area contributed by atoms with E-state index in [1.54, 1.807) is 0 Å². The van der Waals surface area contributed by atoms with Gasteiger partial charge in [-0.25, -0.2) is 0 Å². The van der Waals surface area contributed by atoms with Gasteiger partial charge in [0.05, 0.1) is 0 Å². The van der Waals surface area contributed by atoms with E-state index in [-0.39, 0.29) is 0 Å². The Morgan fingerprint density at radius 3 is 1.66 bits per heavy atom. The Bertz CT molecular complexity index is 346. The summed E-state index contributed by atoms with van der Waals surface area (Å²) in [7, 11) is 6.25. The van der Waals surface area contributed by atoms with Gasteiger partial charge in [0.25, 0.3) is 0 Å². The average Bonchev–Trinajstić information content (AvgIpc) is 2.67. The molecule has 0 fully saturated rings. The summed E-state index contributed by atoms with van der Waals surface area (Å²) in [5.41, 5.74) is 0. The number of unbranched alkanes of at least 4 members (excludes halogenated alkanes) is 7. The van der Waals surface area contributed by atoms with Crippen LogP contribution in [0.5, 0.6) is 0 Å². The van der Waals surface area contributed by atoms with E-state index < -0.39 is 8.56 Å². The number of hydrogen-bond donors (Lipinski definition) is 1. The molecule has 0 aliphatic carbocycles. The molecule has 0 bridgehead atoms. The molecule has 29 heavy (non-hydrogen) atoms. The molecule has 0 saturated carbocycles. The molecule has 0 radical (unpaired) electrons. The highest BCUT2D eigenvalue weighted by Crippen LogP contribution is 2.27. The van der Waals surface area contributed by atoms with Gasteiger partial charge in [-0.15, -0.1) is 0 Å². The molecule has 0 aliphatic heterocycles. The lowest BCUT2D eigenvalue weighted by Crippen LogP contribution is -2.45. The second-order valence-electron chi connectivity index (χ2n) is 9.04. The molecule has 0 aromatic heterocycles. The Morgan fingerprint density at radius 1 is 0.724 bits per heavy atom. The molecule has 0 amide bonds. The van der Waals surface area contributed by atoms with E-state index in [9.17, 15) is 0 Å². The molecule has 0 spiro atoms. The predicted molar refractivity (Wildman–Crippen MR) is 135 cm³/mol. The summed E-state index contributed by atoms with van der Waals surface area (Å²) in [6.45, 7) is 7.98. The lowest BCUT2D eigenvalue weighted by molar-refractivity contribution is 0.143. The number of rotatable bonds is 21. The fourth-order valence-corrected chi connectivity index (χ4v) is 7.19. The third kappa shape index (κ3) is 17.7. The minimum absolute atomic E-state index is 0.454. The third-order valence-electron chi connectivity index (χ3n) is 5.55. The van der Waals surface area contributed by atoms with Gasteiger partial charge < -0.3 is 18.7 Å². The second-order valence-corrected chi connectivity index (χ2v) is 13.2. The van der Waals surface area contributed by atoms with E-state index in [1.165, 1.54) is 51.4 Å². The highest BCUT2D eigenvalue weighted by atomic mass is 32.1. The fourth-order valence-electron chi connectivity index (χ4n) is 3.40. The van der Waals surface area contributed by atoms with E-state index >= 15 is 0 Å². The minimum atomic E-state index is -2.19. The summed E-state index contributed by atoms with van der Waals surface area (Å²) in [5.74, 6) is 0. The van der Waals surface area contributed by atoms with Crippen molar-refractivity contribution >= 4 is 21.2 Å². The largest absolute Gasteiger partial charge is 0.393 e. The monoisotopic (exact) mass is 448 g/mol. The second kappa shape index (κ2) is 19.1. The zero-order valence-corrected chi connectivity index (χ0v) is 22.4. The molecule has 0 N–H and O–H groups in total.